The Morgan fingerprint density at radius 1 is 1.00 bits per heavy atom. The number of nitrogens with one attached hydrogen (secondary N) is 1. The van der Waals surface area contributed by atoms with Crippen molar-refractivity contribution >= 4 is 17.3 Å². The Bertz CT molecular complexity index is 1170. The molecule has 0 aliphatic rings. The number of amides is 1. The smallest absolute Gasteiger partial charge is 0.256 e. The molecule has 0 saturated heterocycles. The highest BCUT2D eigenvalue weighted by atomic mass is 16.3. The Balaban J connectivity index is 1.63. The molecule has 4 rings (SSSR count). The maximum Gasteiger partial charge on any atom is 0.256 e. The van der Waals surface area contributed by atoms with E-state index in [-0.39, 0.29) is 5.91 Å². The molecule has 0 aliphatic heterocycles. The minimum atomic E-state index is -0.150. The minimum absolute atomic E-state index is 0.150. The van der Waals surface area contributed by atoms with Crippen molar-refractivity contribution in [1.82, 2.24) is 9.97 Å². The van der Waals surface area contributed by atoms with Crippen molar-refractivity contribution in [3.05, 3.63) is 84.5 Å². The van der Waals surface area contributed by atoms with E-state index >= 15 is 0 Å². The van der Waals surface area contributed by atoms with E-state index in [4.69, 9.17) is 4.42 Å². The lowest BCUT2D eigenvalue weighted by Crippen LogP contribution is -2.13. The molecule has 0 bridgehead atoms. The first kappa shape index (κ1) is 19.4. The zero-order chi connectivity index (χ0) is 21.1. The predicted octanol–water partition coefficient (Wildman–Crippen LogP) is 5.03. The summed E-state index contributed by atoms with van der Waals surface area (Å²) < 4.78 is 5.45. The van der Waals surface area contributed by atoms with Crippen LogP contribution in [0.2, 0.25) is 0 Å². The fourth-order valence-electron chi connectivity index (χ4n) is 3.32. The molecule has 150 valence electrons. The Labute approximate surface area is 175 Å². The topological polar surface area (TPSA) is 71.3 Å². The summed E-state index contributed by atoms with van der Waals surface area (Å²) >= 11 is 0. The molecule has 0 unspecified atom stereocenters. The monoisotopic (exact) mass is 398 g/mol. The molecule has 6 heteroatoms. The maximum absolute atomic E-state index is 12.5. The van der Waals surface area contributed by atoms with Crippen LogP contribution >= 0.6 is 0 Å². The lowest BCUT2D eigenvalue weighted by molar-refractivity contribution is 0.102. The van der Waals surface area contributed by atoms with Gasteiger partial charge in [-0.05, 0) is 54.4 Å². The van der Waals surface area contributed by atoms with Crippen molar-refractivity contribution in [2.75, 3.05) is 24.3 Å². The van der Waals surface area contributed by atoms with Crippen LogP contribution in [0.15, 0.2) is 77.8 Å². The van der Waals surface area contributed by atoms with Gasteiger partial charge in [0.05, 0.1) is 6.20 Å². The summed E-state index contributed by atoms with van der Waals surface area (Å²) in [5.74, 6) is 0.431. The van der Waals surface area contributed by atoms with Crippen LogP contribution < -0.4 is 10.2 Å². The van der Waals surface area contributed by atoms with Crippen molar-refractivity contribution < 1.29 is 9.21 Å². The van der Waals surface area contributed by atoms with Crippen LogP contribution in [0, 0.1) is 6.92 Å². The fraction of sp³-hybridized carbons (Fsp3) is 0.125. The van der Waals surface area contributed by atoms with Gasteiger partial charge in [-0.3, -0.25) is 9.78 Å². The van der Waals surface area contributed by atoms with Crippen LogP contribution in [0.3, 0.4) is 0 Å². The molecule has 0 aliphatic carbocycles. The predicted molar refractivity (Wildman–Crippen MR) is 119 cm³/mol. The van der Waals surface area contributed by atoms with E-state index < -0.39 is 0 Å². The van der Waals surface area contributed by atoms with Crippen LogP contribution in [-0.2, 0) is 0 Å². The van der Waals surface area contributed by atoms with Gasteiger partial charge in [-0.1, -0.05) is 12.1 Å². The Kier molecular flexibility index (Phi) is 5.30. The summed E-state index contributed by atoms with van der Waals surface area (Å²) in [5.41, 5.74) is 6.26. The van der Waals surface area contributed by atoms with E-state index in [1.807, 2.05) is 51.4 Å². The highest BCUT2D eigenvalue weighted by Gasteiger charge is 2.13. The largest absolute Gasteiger partial charge is 0.445 e. The number of pyridine rings is 1. The van der Waals surface area contributed by atoms with Crippen molar-refractivity contribution in [3.63, 3.8) is 0 Å². The second-order valence-electron chi connectivity index (χ2n) is 7.19. The van der Waals surface area contributed by atoms with Crippen molar-refractivity contribution in [2.45, 2.75) is 6.92 Å². The molecule has 0 radical (unpaired) electrons. The second-order valence-corrected chi connectivity index (χ2v) is 7.19. The van der Waals surface area contributed by atoms with E-state index in [9.17, 15) is 4.79 Å². The van der Waals surface area contributed by atoms with Crippen LogP contribution in [0.4, 0.5) is 11.4 Å². The van der Waals surface area contributed by atoms with Gasteiger partial charge >= 0.3 is 0 Å². The number of anilines is 2. The Morgan fingerprint density at radius 2 is 1.77 bits per heavy atom. The number of oxazole rings is 1. The molecule has 6 nitrogen and oxygen atoms in total. The third kappa shape index (κ3) is 3.93. The summed E-state index contributed by atoms with van der Waals surface area (Å²) in [6.45, 7) is 1.87. The zero-order valence-corrected chi connectivity index (χ0v) is 17.1. The maximum atomic E-state index is 12.5. The summed E-state index contributed by atoms with van der Waals surface area (Å²) in [5, 5.41) is 2.95. The molecule has 30 heavy (non-hydrogen) atoms. The number of nitrogens with zero attached hydrogens (tertiary/aromatic N) is 3. The van der Waals surface area contributed by atoms with E-state index in [1.54, 1.807) is 30.9 Å². The fourth-order valence-corrected chi connectivity index (χ4v) is 3.32. The van der Waals surface area contributed by atoms with Gasteiger partial charge in [-0.2, -0.15) is 0 Å². The normalized spacial score (nSPS) is 10.6. The van der Waals surface area contributed by atoms with Gasteiger partial charge in [0.15, 0.2) is 0 Å². The van der Waals surface area contributed by atoms with Crippen LogP contribution in [-0.4, -0.2) is 30.0 Å². The molecule has 2 aromatic carbocycles. The molecule has 4 aromatic rings. The minimum Gasteiger partial charge on any atom is -0.445 e. The number of carbonyl (C=O) groups is 1. The van der Waals surface area contributed by atoms with Gasteiger partial charge in [-0.15, -0.1) is 0 Å². The number of benzene rings is 2. The van der Waals surface area contributed by atoms with Crippen molar-refractivity contribution in [3.8, 4) is 22.6 Å². The Hall–Kier alpha value is -3.93. The first-order valence-corrected chi connectivity index (χ1v) is 9.56. The summed E-state index contributed by atoms with van der Waals surface area (Å²) in [6, 6.07) is 15.6. The van der Waals surface area contributed by atoms with Gasteiger partial charge in [0.2, 0.25) is 5.89 Å². The number of aromatic nitrogens is 2. The average molecular weight is 398 g/mol. The molecule has 1 N–H and O–H groups in total. The quantitative estimate of drug-likeness (QED) is 0.510. The van der Waals surface area contributed by atoms with E-state index in [2.05, 4.69) is 32.3 Å². The van der Waals surface area contributed by atoms with E-state index in [0.717, 1.165) is 33.6 Å². The third-order valence-electron chi connectivity index (χ3n) is 4.88. The molecule has 1 amide bonds. The Morgan fingerprint density at radius 3 is 2.43 bits per heavy atom. The average Bonchev–Trinajstić information content (AvgIpc) is 3.29. The van der Waals surface area contributed by atoms with E-state index in [0.29, 0.717) is 11.5 Å². The molecule has 0 spiro atoms. The van der Waals surface area contributed by atoms with E-state index in [1.165, 1.54) is 0 Å². The standard InChI is InChI=1S/C24H22N4O2/c1-16-15-25-11-10-20(16)23(29)27-19-7-4-17(5-8-19)21-14-18(24-26-12-13-30-24)6-9-22(21)28(2)3/h4-15H,1-3H3,(H,27,29). The lowest BCUT2D eigenvalue weighted by Gasteiger charge is -2.18. The molecule has 0 atom stereocenters. The first-order chi connectivity index (χ1) is 14.5. The summed E-state index contributed by atoms with van der Waals surface area (Å²) in [6.07, 6.45) is 6.50. The first-order valence-electron chi connectivity index (χ1n) is 9.56. The number of aryl methyl sites for hydroxylation is 1. The molecular weight excluding hydrogens is 376 g/mol. The highest BCUT2D eigenvalue weighted by molar-refractivity contribution is 6.05. The van der Waals surface area contributed by atoms with Crippen molar-refractivity contribution in [1.29, 1.82) is 0 Å². The number of carbonyl (C=O) groups excluding carboxylic acids is 1. The second kappa shape index (κ2) is 8.21. The lowest BCUT2D eigenvalue weighted by atomic mass is 10.00. The van der Waals surface area contributed by atoms with Gasteiger partial charge < -0.3 is 14.6 Å². The number of hydrogen-bond acceptors (Lipinski definition) is 5. The van der Waals surface area contributed by atoms with Crippen molar-refractivity contribution in [2.24, 2.45) is 0 Å². The highest BCUT2D eigenvalue weighted by Crippen LogP contribution is 2.34. The molecule has 0 fully saturated rings. The van der Waals surface area contributed by atoms with Crippen LogP contribution in [0.5, 0.6) is 0 Å². The molecule has 2 aromatic heterocycles. The molecular formula is C24H22N4O2. The molecule has 2 heterocycles. The SMILES string of the molecule is Cc1cnccc1C(=O)Nc1ccc(-c2cc(-c3ncco3)ccc2N(C)C)cc1. The van der Waals surface area contributed by atoms with Gasteiger partial charge in [0.25, 0.3) is 5.91 Å². The third-order valence-corrected chi connectivity index (χ3v) is 4.88. The zero-order valence-electron chi connectivity index (χ0n) is 17.1. The number of hydrogen-bond donors (Lipinski definition) is 1. The molecule has 0 saturated carbocycles. The van der Waals surface area contributed by atoms with Gasteiger partial charge in [0, 0.05) is 54.6 Å². The van der Waals surface area contributed by atoms with Gasteiger partial charge in [-0.25, -0.2) is 4.98 Å². The summed E-state index contributed by atoms with van der Waals surface area (Å²) in [7, 11) is 4.02. The number of rotatable bonds is 5. The van der Waals surface area contributed by atoms with Crippen LogP contribution in [0.25, 0.3) is 22.6 Å². The van der Waals surface area contributed by atoms with Gasteiger partial charge in [0.1, 0.15) is 6.26 Å². The summed E-state index contributed by atoms with van der Waals surface area (Å²) in [4.78, 5) is 22.9. The van der Waals surface area contributed by atoms with Crippen LogP contribution in [0.1, 0.15) is 15.9 Å².